The maximum Gasteiger partial charge on any atom is 0.171 e. The van der Waals surface area contributed by atoms with E-state index in [0.717, 1.165) is 18.1 Å². The van der Waals surface area contributed by atoms with Gasteiger partial charge in [-0.2, -0.15) is 0 Å². The molecule has 1 unspecified atom stereocenters. The molecule has 1 fully saturated rings. The normalized spacial score (nSPS) is 20.1. The van der Waals surface area contributed by atoms with Crippen molar-refractivity contribution < 1.29 is 9.47 Å². The standard InChI is InChI=1S/C11H15N3O2S/c1-15-8-3-2-4-13-11(8)14-5-6-16-9(7-14)10(12)17/h2-4,9H,5-7H2,1H3,(H2,12,17). The zero-order valence-corrected chi connectivity index (χ0v) is 10.4. The molecule has 0 amide bonds. The van der Waals surface area contributed by atoms with Crippen molar-refractivity contribution in [3.8, 4) is 5.75 Å². The maximum atomic E-state index is 5.61. The summed E-state index contributed by atoms with van der Waals surface area (Å²) < 4.78 is 10.8. The molecule has 0 radical (unpaired) electrons. The molecule has 1 aromatic heterocycles. The van der Waals surface area contributed by atoms with E-state index in [1.807, 2.05) is 12.1 Å². The minimum absolute atomic E-state index is 0.217. The van der Waals surface area contributed by atoms with Gasteiger partial charge >= 0.3 is 0 Å². The third-order valence-corrected chi connectivity index (χ3v) is 2.92. The van der Waals surface area contributed by atoms with E-state index in [4.69, 9.17) is 27.4 Å². The quantitative estimate of drug-likeness (QED) is 0.795. The maximum absolute atomic E-state index is 5.61. The first-order valence-electron chi connectivity index (χ1n) is 5.37. The van der Waals surface area contributed by atoms with Gasteiger partial charge in [0.1, 0.15) is 11.1 Å². The Kier molecular flexibility index (Phi) is 3.75. The predicted octanol–water partition coefficient (Wildman–Crippen LogP) is 0.582. The molecule has 1 saturated heterocycles. The summed E-state index contributed by atoms with van der Waals surface area (Å²) in [6.07, 6.45) is 1.52. The van der Waals surface area contributed by atoms with Crippen LogP contribution in [0.1, 0.15) is 0 Å². The van der Waals surface area contributed by atoms with Crippen LogP contribution in [-0.2, 0) is 4.74 Å². The molecule has 2 rings (SSSR count). The van der Waals surface area contributed by atoms with Gasteiger partial charge < -0.3 is 20.1 Å². The molecule has 5 nitrogen and oxygen atoms in total. The number of aromatic nitrogens is 1. The lowest BCUT2D eigenvalue weighted by molar-refractivity contribution is 0.0842. The van der Waals surface area contributed by atoms with Crippen LogP contribution in [0.3, 0.4) is 0 Å². The van der Waals surface area contributed by atoms with E-state index in [1.54, 1.807) is 13.3 Å². The number of hydrogen-bond acceptors (Lipinski definition) is 5. The molecule has 1 atom stereocenters. The van der Waals surface area contributed by atoms with Crippen LogP contribution >= 0.6 is 12.2 Å². The highest BCUT2D eigenvalue weighted by Crippen LogP contribution is 2.26. The number of nitrogens with two attached hydrogens (primary N) is 1. The Hall–Kier alpha value is -1.40. The Morgan fingerprint density at radius 3 is 3.24 bits per heavy atom. The molecule has 0 saturated carbocycles. The average Bonchev–Trinajstić information content (AvgIpc) is 2.39. The summed E-state index contributed by atoms with van der Waals surface area (Å²) in [4.78, 5) is 6.78. The molecule has 1 aliphatic heterocycles. The largest absolute Gasteiger partial charge is 0.493 e. The Labute approximate surface area is 106 Å². The lowest BCUT2D eigenvalue weighted by atomic mass is 10.2. The molecular weight excluding hydrogens is 238 g/mol. The molecule has 92 valence electrons. The predicted molar refractivity (Wildman–Crippen MR) is 69.5 cm³/mol. The van der Waals surface area contributed by atoms with Crippen LogP contribution in [0.25, 0.3) is 0 Å². The van der Waals surface area contributed by atoms with Crippen molar-refractivity contribution >= 4 is 23.0 Å². The topological polar surface area (TPSA) is 60.6 Å². The van der Waals surface area contributed by atoms with Gasteiger partial charge in [-0.25, -0.2) is 4.98 Å². The number of anilines is 1. The zero-order chi connectivity index (χ0) is 12.3. The van der Waals surface area contributed by atoms with Crippen LogP contribution in [0.15, 0.2) is 18.3 Å². The summed E-state index contributed by atoms with van der Waals surface area (Å²) in [6, 6.07) is 3.72. The fourth-order valence-electron chi connectivity index (χ4n) is 1.79. The molecule has 0 spiro atoms. The third-order valence-electron chi connectivity index (χ3n) is 2.65. The molecule has 1 aromatic rings. The van der Waals surface area contributed by atoms with E-state index in [-0.39, 0.29) is 6.10 Å². The van der Waals surface area contributed by atoms with Crippen molar-refractivity contribution in [2.45, 2.75) is 6.10 Å². The van der Waals surface area contributed by atoms with Crippen molar-refractivity contribution in [2.75, 3.05) is 31.7 Å². The van der Waals surface area contributed by atoms with Gasteiger partial charge in [0.15, 0.2) is 11.6 Å². The first-order chi connectivity index (χ1) is 8.22. The van der Waals surface area contributed by atoms with Crippen LogP contribution in [0.5, 0.6) is 5.75 Å². The number of hydrogen-bond donors (Lipinski definition) is 1. The van der Waals surface area contributed by atoms with E-state index >= 15 is 0 Å². The highest BCUT2D eigenvalue weighted by molar-refractivity contribution is 7.80. The van der Waals surface area contributed by atoms with Gasteiger partial charge in [-0.1, -0.05) is 12.2 Å². The van der Waals surface area contributed by atoms with Gasteiger partial charge in [-0.3, -0.25) is 0 Å². The molecular formula is C11H15N3O2S. The van der Waals surface area contributed by atoms with Gasteiger partial charge in [0.25, 0.3) is 0 Å². The first kappa shape index (κ1) is 12.1. The van der Waals surface area contributed by atoms with E-state index in [9.17, 15) is 0 Å². The Morgan fingerprint density at radius 1 is 1.71 bits per heavy atom. The van der Waals surface area contributed by atoms with Crippen LogP contribution in [0.4, 0.5) is 5.82 Å². The number of methoxy groups -OCH3 is 1. The molecule has 2 N–H and O–H groups in total. The van der Waals surface area contributed by atoms with Gasteiger partial charge in [0.2, 0.25) is 0 Å². The SMILES string of the molecule is COc1cccnc1N1CCOC(C(N)=S)C1. The van der Waals surface area contributed by atoms with Crippen LogP contribution in [-0.4, -0.2) is 42.9 Å². The van der Waals surface area contributed by atoms with Crippen molar-refractivity contribution in [3.05, 3.63) is 18.3 Å². The minimum atomic E-state index is -0.217. The molecule has 6 heteroatoms. The average molecular weight is 253 g/mol. The summed E-state index contributed by atoms with van der Waals surface area (Å²) in [5.74, 6) is 1.55. The van der Waals surface area contributed by atoms with Gasteiger partial charge in [0.05, 0.1) is 20.3 Å². The molecule has 0 aliphatic carbocycles. The number of rotatable bonds is 3. The van der Waals surface area contributed by atoms with Crippen molar-refractivity contribution in [3.63, 3.8) is 0 Å². The molecule has 1 aliphatic rings. The van der Waals surface area contributed by atoms with Crippen LogP contribution in [0.2, 0.25) is 0 Å². The second-order valence-corrected chi connectivity index (χ2v) is 4.21. The lowest BCUT2D eigenvalue weighted by Gasteiger charge is -2.33. The summed E-state index contributed by atoms with van der Waals surface area (Å²) in [5.41, 5.74) is 5.61. The Balaban J connectivity index is 2.18. The van der Waals surface area contributed by atoms with Crippen LogP contribution < -0.4 is 15.4 Å². The highest BCUT2D eigenvalue weighted by Gasteiger charge is 2.25. The third kappa shape index (κ3) is 2.65. The van der Waals surface area contributed by atoms with E-state index in [1.165, 1.54) is 0 Å². The second kappa shape index (κ2) is 5.29. The fourth-order valence-corrected chi connectivity index (χ4v) is 1.94. The smallest absolute Gasteiger partial charge is 0.171 e. The number of ether oxygens (including phenoxy) is 2. The highest BCUT2D eigenvalue weighted by atomic mass is 32.1. The Bertz CT molecular complexity index is 413. The number of thiocarbonyl (C=S) groups is 1. The van der Waals surface area contributed by atoms with Crippen molar-refractivity contribution in [1.82, 2.24) is 4.98 Å². The lowest BCUT2D eigenvalue weighted by Crippen LogP contribution is -2.48. The Morgan fingerprint density at radius 2 is 2.53 bits per heavy atom. The summed E-state index contributed by atoms with van der Waals surface area (Å²) in [5, 5.41) is 0. The number of pyridine rings is 1. The molecule has 2 heterocycles. The minimum Gasteiger partial charge on any atom is -0.493 e. The van der Waals surface area contributed by atoms with Crippen molar-refractivity contribution in [1.29, 1.82) is 0 Å². The van der Waals surface area contributed by atoms with Gasteiger partial charge in [0, 0.05) is 12.7 Å². The molecule has 0 bridgehead atoms. The van der Waals surface area contributed by atoms with Crippen LogP contribution in [0, 0.1) is 0 Å². The number of nitrogens with zero attached hydrogens (tertiary/aromatic N) is 2. The first-order valence-corrected chi connectivity index (χ1v) is 5.78. The molecule has 17 heavy (non-hydrogen) atoms. The summed E-state index contributed by atoms with van der Waals surface area (Å²) in [7, 11) is 1.63. The number of morpholine rings is 1. The van der Waals surface area contributed by atoms with E-state index < -0.39 is 0 Å². The molecule has 0 aromatic carbocycles. The summed E-state index contributed by atoms with van der Waals surface area (Å²) in [6.45, 7) is 1.96. The van der Waals surface area contributed by atoms with Crippen molar-refractivity contribution in [2.24, 2.45) is 5.73 Å². The van der Waals surface area contributed by atoms with E-state index in [0.29, 0.717) is 18.1 Å². The summed E-state index contributed by atoms with van der Waals surface area (Å²) >= 11 is 4.95. The van der Waals surface area contributed by atoms with E-state index in [2.05, 4.69) is 9.88 Å². The second-order valence-electron chi connectivity index (χ2n) is 3.74. The van der Waals surface area contributed by atoms with Gasteiger partial charge in [-0.05, 0) is 12.1 Å². The fraction of sp³-hybridized carbons (Fsp3) is 0.455. The monoisotopic (exact) mass is 253 g/mol. The van der Waals surface area contributed by atoms with Gasteiger partial charge in [-0.15, -0.1) is 0 Å². The zero-order valence-electron chi connectivity index (χ0n) is 9.63.